The SMILES string of the molecule is Cc1[nH]c(CCCO)nc1-c1ccccc1. The predicted molar refractivity (Wildman–Crippen MR) is 64.2 cm³/mol. The second kappa shape index (κ2) is 4.94. The van der Waals surface area contributed by atoms with E-state index in [4.69, 9.17) is 5.11 Å². The molecule has 0 amide bonds. The Balaban J connectivity index is 2.25. The number of rotatable bonds is 4. The highest BCUT2D eigenvalue weighted by Gasteiger charge is 2.07. The van der Waals surface area contributed by atoms with Gasteiger partial charge >= 0.3 is 0 Å². The third-order valence-electron chi connectivity index (χ3n) is 2.55. The fourth-order valence-corrected chi connectivity index (χ4v) is 1.76. The van der Waals surface area contributed by atoms with Gasteiger partial charge < -0.3 is 10.1 Å². The molecule has 84 valence electrons. The summed E-state index contributed by atoms with van der Waals surface area (Å²) >= 11 is 0. The van der Waals surface area contributed by atoms with E-state index in [1.807, 2.05) is 25.1 Å². The van der Waals surface area contributed by atoms with Gasteiger partial charge in [-0.2, -0.15) is 0 Å². The zero-order valence-electron chi connectivity index (χ0n) is 9.40. The summed E-state index contributed by atoms with van der Waals surface area (Å²) in [4.78, 5) is 7.81. The van der Waals surface area contributed by atoms with Crippen LogP contribution in [-0.4, -0.2) is 21.7 Å². The highest BCUT2D eigenvalue weighted by molar-refractivity contribution is 5.61. The summed E-state index contributed by atoms with van der Waals surface area (Å²) in [6.07, 6.45) is 1.55. The van der Waals surface area contributed by atoms with Crippen molar-refractivity contribution in [3.05, 3.63) is 41.9 Å². The van der Waals surface area contributed by atoms with E-state index in [0.29, 0.717) is 0 Å². The first-order valence-electron chi connectivity index (χ1n) is 5.53. The van der Waals surface area contributed by atoms with Gasteiger partial charge in [0.25, 0.3) is 0 Å². The van der Waals surface area contributed by atoms with E-state index in [0.717, 1.165) is 35.6 Å². The van der Waals surface area contributed by atoms with Crippen LogP contribution in [0.1, 0.15) is 17.9 Å². The minimum atomic E-state index is 0.209. The number of nitrogens with one attached hydrogen (secondary N) is 1. The number of aryl methyl sites for hydroxylation is 2. The molecule has 3 heteroatoms. The molecule has 1 heterocycles. The first kappa shape index (κ1) is 10.9. The first-order valence-corrected chi connectivity index (χ1v) is 5.53. The lowest BCUT2D eigenvalue weighted by Crippen LogP contribution is -1.91. The van der Waals surface area contributed by atoms with Crippen molar-refractivity contribution in [1.29, 1.82) is 0 Å². The van der Waals surface area contributed by atoms with Crippen LogP contribution in [0.2, 0.25) is 0 Å². The molecule has 2 aromatic rings. The van der Waals surface area contributed by atoms with Crippen molar-refractivity contribution in [1.82, 2.24) is 9.97 Å². The highest BCUT2D eigenvalue weighted by Crippen LogP contribution is 2.20. The Bertz CT molecular complexity index is 448. The summed E-state index contributed by atoms with van der Waals surface area (Å²) < 4.78 is 0. The standard InChI is InChI=1S/C13H16N2O/c1-10-13(11-6-3-2-4-7-11)15-12(14-10)8-5-9-16/h2-4,6-7,16H,5,8-9H2,1H3,(H,14,15). The number of nitrogens with zero attached hydrogens (tertiary/aromatic N) is 1. The predicted octanol–water partition coefficient (Wildman–Crippen LogP) is 2.31. The fourth-order valence-electron chi connectivity index (χ4n) is 1.76. The number of aromatic nitrogens is 2. The second-order valence-electron chi connectivity index (χ2n) is 3.85. The number of hydrogen-bond donors (Lipinski definition) is 2. The van der Waals surface area contributed by atoms with Gasteiger partial charge in [0, 0.05) is 24.3 Å². The van der Waals surface area contributed by atoms with Gasteiger partial charge in [0.2, 0.25) is 0 Å². The lowest BCUT2D eigenvalue weighted by Gasteiger charge is -1.96. The van der Waals surface area contributed by atoms with Gasteiger partial charge in [0.15, 0.2) is 0 Å². The van der Waals surface area contributed by atoms with Crippen LogP contribution in [0.5, 0.6) is 0 Å². The van der Waals surface area contributed by atoms with Crippen LogP contribution in [0.25, 0.3) is 11.3 Å². The minimum Gasteiger partial charge on any atom is -0.396 e. The molecule has 2 N–H and O–H groups in total. The zero-order valence-corrected chi connectivity index (χ0v) is 9.40. The van der Waals surface area contributed by atoms with E-state index in [-0.39, 0.29) is 6.61 Å². The molecule has 3 nitrogen and oxygen atoms in total. The van der Waals surface area contributed by atoms with Crippen molar-refractivity contribution in [2.24, 2.45) is 0 Å². The maximum atomic E-state index is 8.78. The normalized spacial score (nSPS) is 10.6. The van der Waals surface area contributed by atoms with Gasteiger partial charge in [0.05, 0.1) is 5.69 Å². The molecule has 1 aromatic heterocycles. The van der Waals surface area contributed by atoms with Crippen molar-refractivity contribution in [2.45, 2.75) is 19.8 Å². The molecule has 16 heavy (non-hydrogen) atoms. The zero-order chi connectivity index (χ0) is 11.4. The summed E-state index contributed by atoms with van der Waals surface area (Å²) in [6.45, 7) is 2.23. The molecular weight excluding hydrogens is 200 g/mol. The molecule has 0 spiro atoms. The van der Waals surface area contributed by atoms with Crippen LogP contribution < -0.4 is 0 Å². The van der Waals surface area contributed by atoms with Crippen molar-refractivity contribution in [3.8, 4) is 11.3 Å². The van der Waals surface area contributed by atoms with Crippen molar-refractivity contribution < 1.29 is 5.11 Å². The smallest absolute Gasteiger partial charge is 0.107 e. The summed E-state index contributed by atoms with van der Waals surface area (Å²) in [5, 5.41) is 8.78. The van der Waals surface area contributed by atoms with Crippen molar-refractivity contribution in [3.63, 3.8) is 0 Å². The van der Waals surface area contributed by atoms with Gasteiger partial charge in [-0.3, -0.25) is 0 Å². The van der Waals surface area contributed by atoms with Crippen molar-refractivity contribution in [2.75, 3.05) is 6.61 Å². The molecule has 0 fully saturated rings. The molecule has 2 rings (SSSR count). The van der Waals surface area contributed by atoms with E-state index in [1.165, 1.54) is 0 Å². The van der Waals surface area contributed by atoms with Crippen LogP contribution in [0.4, 0.5) is 0 Å². The number of aromatic amines is 1. The summed E-state index contributed by atoms with van der Waals surface area (Å²) in [5.41, 5.74) is 3.22. The quantitative estimate of drug-likeness (QED) is 0.824. The first-order chi connectivity index (χ1) is 7.81. The number of hydrogen-bond acceptors (Lipinski definition) is 2. The largest absolute Gasteiger partial charge is 0.396 e. The maximum Gasteiger partial charge on any atom is 0.107 e. The molecule has 0 unspecified atom stereocenters. The molecule has 0 radical (unpaired) electrons. The lowest BCUT2D eigenvalue weighted by atomic mass is 10.1. The lowest BCUT2D eigenvalue weighted by molar-refractivity contribution is 0.287. The summed E-state index contributed by atoms with van der Waals surface area (Å²) in [6, 6.07) is 10.1. The van der Waals surface area contributed by atoms with E-state index < -0.39 is 0 Å². The average molecular weight is 216 g/mol. The molecular formula is C13H16N2O. The Morgan fingerprint density at radius 3 is 2.69 bits per heavy atom. The Kier molecular flexibility index (Phi) is 3.37. The number of aliphatic hydroxyl groups is 1. The van der Waals surface area contributed by atoms with Crippen LogP contribution in [0, 0.1) is 6.92 Å². The molecule has 0 aliphatic rings. The molecule has 1 aromatic carbocycles. The van der Waals surface area contributed by atoms with Crippen LogP contribution >= 0.6 is 0 Å². The molecule has 0 bridgehead atoms. The van der Waals surface area contributed by atoms with Crippen LogP contribution in [0.15, 0.2) is 30.3 Å². The highest BCUT2D eigenvalue weighted by atomic mass is 16.2. The third kappa shape index (κ3) is 2.31. The Morgan fingerprint density at radius 2 is 2.00 bits per heavy atom. The Hall–Kier alpha value is -1.61. The molecule has 0 saturated carbocycles. The molecule has 0 saturated heterocycles. The Morgan fingerprint density at radius 1 is 1.25 bits per heavy atom. The third-order valence-corrected chi connectivity index (χ3v) is 2.55. The average Bonchev–Trinajstić information content (AvgIpc) is 2.69. The number of benzene rings is 1. The monoisotopic (exact) mass is 216 g/mol. The van der Waals surface area contributed by atoms with E-state index in [2.05, 4.69) is 22.1 Å². The van der Waals surface area contributed by atoms with Gasteiger partial charge in [-0.15, -0.1) is 0 Å². The van der Waals surface area contributed by atoms with Gasteiger partial charge in [0.1, 0.15) is 5.82 Å². The Labute approximate surface area is 95.2 Å². The topological polar surface area (TPSA) is 48.9 Å². The number of H-pyrrole nitrogens is 1. The van der Waals surface area contributed by atoms with E-state index in [9.17, 15) is 0 Å². The molecule has 0 aliphatic carbocycles. The maximum absolute atomic E-state index is 8.78. The number of imidazole rings is 1. The summed E-state index contributed by atoms with van der Waals surface area (Å²) in [5.74, 6) is 0.949. The van der Waals surface area contributed by atoms with Gasteiger partial charge in [-0.1, -0.05) is 30.3 Å². The van der Waals surface area contributed by atoms with E-state index >= 15 is 0 Å². The van der Waals surface area contributed by atoms with Crippen LogP contribution in [-0.2, 0) is 6.42 Å². The minimum absolute atomic E-state index is 0.209. The van der Waals surface area contributed by atoms with E-state index in [1.54, 1.807) is 0 Å². The second-order valence-corrected chi connectivity index (χ2v) is 3.85. The summed E-state index contributed by atoms with van der Waals surface area (Å²) in [7, 11) is 0. The molecule has 0 aliphatic heterocycles. The molecule has 0 atom stereocenters. The van der Waals surface area contributed by atoms with Crippen LogP contribution in [0.3, 0.4) is 0 Å². The fraction of sp³-hybridized carbons (Fsp3) is 0.308. The van der Waals surface area contributed by atoms with Gasteiger partial charge in [-0.25, -0.2) is 4.98 Å². The van der Waals surface area contributed by atoms with Gasteiger partial charge in [-0.05, 0) is 13.3 Å². The number of aliphatic hydroxyl groups excluding tert-OH is 1. The van der Waals surface area contributed by atoms with Crippen molar-refractivity contribution >= 4 is 0 Å².